The molecule has 0 saturated carbocycles. The van der Waals surface area contributed by atoms with Crippen molar-refractivity contribution in [1.82, 2.24) is 9.97 Å². The Kier molecular flexibility index (Phi) is 3.46. The number of nitrogens with one attached hydrogen (secondary N) is 1. The lowest BCUT2D eigenvalue weighted by molar-refractivity contribution is 0.517. The first-order chi connectivity index (χ1) is 11.3. The van der Waals surface area contributed by atoms with E-state index < -0.39 is 0 Å². The fourth-order valence-electron chi connectivity index (χ4n) is 3.06. The predicted octanol–water partition coefficient (Wildman–Crippen LogP) is 3.76. The van der Waals surface area contributed by atoms with Gasteiger partial charge in [-0.1, -0.05) is 18.2 Å². The summed E-state index contributed by atoms with van der Waals surface area (Å²) in [5.74, 6) is 2.38. The molecule has 2 aromatic heterocycles. The topological polar surface area (TPSA) is 54.2 Å². The second-order valence-corrected chi connectivity index (χ2v) is 5.72. The van der Waals surface area contributed by atoms with E-state index in [2.05, 4.69) is 51.4 Å². The Morgan fingerprint density at radius 1 is 1.22 bits per heavy atom. The molecular weight excluding hydrogens is 288 g/mol. The lowest BCUT2D eigenvalue weighted by Crippen LogP contribution is -2.25. The Balaban J connectivity index is 1.59. The molecule has 4 rings (SSSR count). The largest absolute Gasteiger partial charge is 0.467 e. The first-order valence-corrected chi connectivity index (χ1v) is 7.78. The Morgan fingerprint density at radius 3 is 3.00 bits per heavy atom. The van der Waals surface area contributed by atoms with Crippen LogP contribution in [-0.4, -0.2) is 16.0 Å². The quantitative estimate of drug-likeness (QED) is 0.795. The lowest BCUT2D eigenvalue weighted by atomic mass is 10.1. The summed E-state index contributed by atoms with van der Waals surface area (Å²) < 4.78 is 5.32. The lowest BCUT2D eigenvalue weighted by Gasteiger charge is -2.24. The van der Waals surface area contributed by atoms with E-state index in [1.54, 1.807) is 12.5 Å². The first kappa shape index (κ1) is 13.8. The van der Waals surface area contributed by atoms with Gasteiger partial charge in [-0.2, -0.15) is 4.98 Å². The van der Waals surface area contributed by atoms with Gasteiger partial charge in [0, 0.05) is 17.9 Å². The number of furan rings is 1. The molecule has 0 aliphatic carbocycles. The molecule has 3 heterocycles. The molecule has 1 atom stereocenters. The van der Waals surface area contributed by atoms with Crippen LogP contribution in [0.25, 0.3) is 0 Å². The SMILES string of the molecule is CC1Cc2ccccc2N1c1ccnc(NCc2ccco2)n1. The molecule has 0 bridgehead atoms. The third-order valence-electron chi connectivity index (χ3n) is 4.10. The van der Waals surface area contributed by atoms with Crippen LogP contribution >= 0.6 is 0 Å². The molecule has 0 radical (unpaired) electrons. The van der Waals surface area contributed by atoms with Crippen molar-refractivity contribution in [3.05, 3.63) is 66.2 Å². The highest BCUT2D eigenvalue weighted by molar-refractivity contribution is 5.69. The van der Waals surface area contributed by atoms with Crippen LogP contribution < -0.4 is 10.2 Å². The van der Waals surface area contributed by atoms with Crippen molar-refractivity contribution >= 4 is 17.5 Å². The Labute approximate surface area is 135 Å². The van der Waals surface area contributed by atoms with E-state index in [0.717, 1.165) is 18.0 Å². The smallest absolute Gasteiger partial charge is 0.224 e. The summed E-state index contributed by atoms with van der Waals surface area (Å²) in [4.78, 5) is 11.2. The molecule has 5 heteroatoms. The van der Waals surface area contributed by atoms with Gasteiger partial charge in [0.2, 0.25) is 5.95 Å². The average molecular weight is 306 g/mol. The van der Waals surface area contributed by atoms with Crippen LogP contribution in [0.1, 0.15) is 18.2 Å². The molecule has 3 aromatic rings. The van der Waals surface area contributed by atoms with Crippen molar-refractivity contribution in [2.75, 3.05) is 10.2 Å². The molecule has 5 nitrogen and oxygen atoms in total. The van der Waals surface area contributed by atoms with E-state index in [1.807, 2.05) is 18.2 Å². The van der Waals surface area contributed by atoms with Crippen molar-refractivity contribution in [2.45, 2.75) is 25.9 Å². The van der Waals surface area contributed by atoms with Crippen molar-refractivity contribution < 1.29 is 4.42 Å². The highest BCUT2D eigenvalue weighted by Crippen LogP contribution is 2.37. The van der Waals surface area contributed by atoms with E-state index in [9.17, 15) is 0 Å². The van der Waals surface area contributed by atoms with Crippen LogP contribution in [0, 0.1) is 0 Å². The molecule has 23 heavy (non-hydrogen) atoms. The van der Waals surface area contributed by atoms with E-state index in [1.165, 1.54) is 11.3 Å². The zero-order valence-electron chi connectivity index (χ0n) is 12.9. The van der Waals surface area contributed by atoms with Crippen LogP contribution in [0.4, 0.5) is 17.5 Å². The van der Waals surface area contributed by atoms with Gasteiger partial charge in [0.1, 0.15) is 11.6 Å². The van der Waals surface area contributed by atoms with Gasteiger partial charge in [-0.15, -0.1) is 0 Å². The third-order valence-corrected chi connectivity index (χ3v) is 4.10. The Bertz CT molecular complexity index is 800. The van der Waals surface area contributed by atoms with Gasteiger partial charge >= 0.3 is 0 Å². The number of hydrogen-bond donors (Lipinski definition) is 1. The molecule has 1 N–H and O–H groups in total. The highest BCUT2D eigenvalue weighted by atomic mass is 16.3. The summed E-state index contributed by atoms with van der Waals surface area (Å²) in [5.41, 5.74) is 2.60. The number of benzene rings is 1. The van der Waals surface area contributed by atoms with Gasteiger partial charge < -0.3 is 14.6 Å². The normalized spacial score (nSPS) is 16.4. The zero-order valence-corrected chi connectivity index (χ0v) is 12.9. The number of para-hydroxylation sites is 1. The van der Waals surface area contributed by atoms with Gasteiger partial charge in [0.05, 0.1) is 12.8 Å². The standard InChI is InChI=1S/C18H18N4O/c1-13-11-14-5-2-3-7-16(14)22(13)17-8-9-19-18(21-17)20-12-15-6-4-10-23-15/h2-10,13H,11-12H2,1H3,(H,19,20,21). The highest BCUT2D eigenvalue weighted by Gasteiger charge is 2.27. The average Bonchev–Trinajstić information content (AvgIpc) is 3.19. The molecule has 0 amide bonds. The number of fused-ring (bicyclic) bond motifs is 1. The fraction of sp³-hybridized carbons (Fsp3) is 0.222. The summed E-state index contributed by atoms with van der Waals surface area (Å²) in [6.45, 7) is 2.79. The second kappa shape index (κ2) is 5.76. The summed E-state index contributed by atoms with van der Waals surface area (Å²) >= 11 is 0. The minimum absolute atomic E-state index is 0.389. The second-order valence-electron chi connectivity index (χ2n) is 5.72. The molecule has 116 valence electrons. The number of rotatable bonds is 4. The molecule has 0 saturated heterocycles. The van der Waals surface area contributed by atoms with Crippen LogP contribution in [0.15, 0.2) is 59.3 Å². The van der Waals surface area contributed by atoms with Crippen LogP contribution in [-0.2, 0) is 13.0 Å². The van der Waals surface area contributed by atoms with Gasteiger partial charge in [0.25, 0.3) is 0 Å². The fourth-order valence-corrected chi connectivity index (χ4v) is 3.06. The Hall–Kier alpha value is -2.82. The van der Waals surface area contributed by atoms with Crippen molar-refractivity contribution in [3.63, 3.8) is 0 Å². The monoisotopic (exact) mass is 306 g/mol. The summed E-state index contributed by atoms with van der Waals surface area (Å²) in [6.07, 6.45) is 4.49. The van der Waals surface area contributed by atoms with Gasteiger partial charge in [0.15, 0.2) is 0 Å². The zero-order chi connectivity index (χ0) is 15.6. The molecule has 0 fully saturated rings. The van der Waals surface area contributed by atoms with E-state index in [4.69, 9.17) is 4.42 Å². The third kappa shape index (κ3) is 2.65. The predicted molar refractivity (Wildman–Crippen MR) is 89.8 cm³/mol. The van der Waals surface area contributed by atoms with Crippen LogP contribution in [0.5, 0.6) is 0 Å². The maximum atomic E-state index is 5.32. The first-order valence-electron chi connectivity index (χ1n) is 7.78. The summed E-state index contributed by atoms with van der Waals surface area (Å²) in [7, 11) is 0. The molecule has 1 aliphatic rings. The maximum absolute atomic E-state index is 5.32. The number of aromatic nitrogens is 2. The van der Waals surface area contributed by atoms with Gasteiger partial charge in [-0.25, -0.2) is 4.98 Å². The Morgan fingerprint density at radius 2 is 2.13 bits per heavy atom. The number of hydrogen-bond acceptors (Lipinski definition) is 5. The van der Waals surface area contributed by atoms with Crippen LogP contribution in [0.3, 0.4) is 0 Å². The van der Waals surface area contributed by atoms with Crippen LogP contribution in [0.2, 0.25) is 0 Å². The van der Waals surface area contributed by atoms with Crippen molar-refractivity contribution in [1.29, 1.82) is 0 Å². The van der Waals surface area contributed by atoms with Crippen molar-refractivity contribution in [3.8, 4) is 0 Å². The van der Waals surface area contributed by atoms with Gasteiger partial charge in [-0.3, -0.25) is 0 Å². The molecule has 1 aromatic carbocycles. The summed E-state index contributed by atoms with van der Waals surface area (Å²) in [6, 6.07) is 14.6. The minimum Gasteiger partial charge on any atom is -0.467 e. The van der Waals surface area contributed by atoms with E-state index in [-0.39, 0.29) is 0 Å². The molecular formula is C18H18N4O. The minimum atomic E-state index is 0.389. The van der Waals surface area contributed by atoms with Gasteiger partial charge in [-0.05, 0) is 43.2 Å². The van der Waals surface area contributed by atoms with E-state index in [0.29, 0.717) is 18.5 Å². The summed E-state index contributed by atoms with van der Waals surface area (Å²) in [5, 5.41) is 3.21. The molecule has 1 aliphatic heterocycles. The number of nitrogens with zero attached hydrogens (tertiary/aromatic N) is 3. The molecule has 1 unspecified atom stereocenters. The molecule has 0 spiro atoms. The van der Waals surface area contributed by atoms with Crippen molar-refractivity contribution in [2.24, 2.45) is 0 Å². The number of anilines is 3. The van der Waals surface area contributed by atoms with E-state index >= 15 is 0 Å². The maximum Gasteiger partial charge on any atom is 0.224 e.